The Bertz CT molecular complexity index is 333. The van der Waals surface area contributed by atoms with Gasteiger partial charge >= 0.3 is 0 Å². The summed E-state index contributed by atoms with van der Waals surface area (Å²) in [6, 6.07) is 6.37. The fraction of sp³-hybridized carbons (Fsp3) is 0.571. The Labute approximate surface area is 104 Å². The molecule has 96 valence electrons. The fourth-order valence-electron chi connectivity index (χ4n) is 1.74. The van der Waals surface area contributed by atoms with Gasteiger partial charge in [0.15, 0.2) is 6.29 Å². The van der Waals surface area contributed by atoms with E-state index in [0.717, 1.165) is 5.69 Å². The largest absolute Gasteiger partial charge is 0.380 e. The monoisotopic (exact) mass is 237 g/mol. The van der Waals surface area contributed by atoms with Crippen LogP contribution in [0.1, 0.15) is 25.0 Å². The molecule has 0 heterocycles. The Kier molecular flexibility index (Phi) is 6.01. The van der Waals surface area contributed by atoms with E-state index in [4.69, 9.17) is 9.47 Å². The van der Waals surface area contributed by atoms with Crippen LogP contribution in [-0.4, -0.2) is 26.0 Å². The van der Waals surface area contributed by atoms with Gasteiger partial charge in [0.1, 0.15) is 0 Å². The summed E-state index contributed by atoms with van der Waals surface area (Å²) in [5, 5.41) is 3.36. The fourth-order valence-corrected chi connectivity index (χ4v) is 1.74. The molecule has 1 aromatic rings. The van der Waals surface area contributed by atoms with Gasteiger partial charge in [0.05, 0.1) is 6.54 Å². The Balaban J connectivity index is 2.52. The summed E-state index contributed by atoms with van der Waals surface area (Å²) >= 11 is 0. The van der Waals surface area contributed by atoms with Crippen LogP contribution in [0.4, 0.5) is 5.69 Å². The molecule has 0 radical (unpaired) electrons. The molecule has 0 aliphatic heterocycles. The van der Waals surface area contributed by atoms with Crippen molar-refractivity contribution in [2.45, 2.75) is 34.0 Å². The molecule has 0 atom stereocenters. The number of hydrogen-bond acceptors (Lipinski definition) is 3. The van der Waals surface area contributed by atoms with Crippen LogP contribution in [0.25, 0.3) is 0 Å². The van der Waals surface area contributed by atoms with E-state index < -0.39 is 0 Å². The molecule has 0 fully saturated rings. The van der Waals surface area contributed by atoms with Crippen molar-refractivity contribution < 1.29 is 9.47 Å². The molecular weight excluding hydrogens is 214 g/mol. The van der Waals surface area contributed by atoms with Gasteiger partial charge in [-0.15, -0.1) is 0 Å². The number of rotatable bonds is 7. The molecule has 0 spiro atoms. The van der Waals surface area contributed by atoms with Crippen molar-refractivity contribution in [3.05, 3.63) is 29.3 Å². The average molecular weight is 237 g/mol. The average Bonchev–Trinajstić information content (AvgIpc) is 2.28. The summed E-state index contributed by atoms with van der Waals surface area (Å²) in [4.78, 5) is 0. The molecule has 1 aromatic carbocycles. The maximum absolute atomic E-state index is 5.48. The highest BCUT2D eigenvalue weighted by atomic mass is 16.7. The van der Waals surface area contributed by atoms with Gasteiger partial charge in [0.25, 0.3) is 0 Å². The zero-order chi connectivity index (χ0) is 12.7. The number of aryl methyl sites for hydroxylation is 2. The van der Waals surface area contributed by atoms with Crippen molar-refractivity contribution >= 4 is 5.69 Å². The van der Waals surface area contributed by atoms with E-state index in [9.17, 15) is 0 Å². The zero-order valence-electron chi connectivity index (χ0n) is 11.2. The van der Waals surface area contributed by atoms with E-state index >= 15 is 0 Å². The smallest absolute Gasteiger partial charge is 0.174 e. The highest BCUT2D eigenvalue weighted by molar-refractivity contribution is 5.51. The van der Waals surface area contributed by atoms with Crippen LogP contribution in [0, 0.1) is 13.8 Å². The third-order valence-electron chi connectivity index (χ3n) is 2.55. The molecule has 0 amide bonds. The molecule has 0 saturated heterocycles. The van der Waals surface area contributed by atoms with Crippen LogP contribution in [0.2, 0.25) is 0 Å². The minimum absolute atomic E-state index is 0.175. The second kappa shape index (κ2) is 7.30. The molecule has 0 aliphatic rings. The number of benzene rings is 1. The number of ether oxygens (including phenoxy) is 2. The van der Waals surface area contributed by atoms with Gasteiger partial charge < -0.3 is 14.8 Å². The molecule has 0 aliphatic carbocycles. The number of anilines is 1. The summed E-state index contributed by atoms with van der Waals surface area (Å²) in [5.74, 6) is 0. The second-order valence-electron chi connectivity index (χ2n) is 4.04. The first-order valence-corrected chi connectivity index (χ1v) is 6.21. The van der Waals surface area contributed by atoms with Crippen molar-refractivity contribution in [2.75, 3.05) is 25.1 Å². The SMILES string of the molecule is CCOC(CNc1ccc(C)cc1C)OCC. The van der Waals surface area contributed by atoms with E-state index in [0.29, 0.717) is 19.8 Å². The molecule has 0 aromatic heterocycles. The first-order valence-electron chi connectivity index (χ1n) is 6.21. The Morgan fingerprint density at radius 1 is 1.12 bits per heavy atom. The van der Waals surface area contributed by atoms with Crippen LogP contribution in [0.5, 0.6) is 0 Å². The Morgan fingerprint density at radius 3 is 2.29 bits per heavy atom. The summed E-state index contributed by atoms with van der Waals surface area (Å²) in [5.41, 5.74) is 3.66. The minimum atomic E-state index is -0.175. The third kappa shape index (κ3) is 4.75. The molecule has 3 heteroatoms. The van der Waals surface area contributed by atoms with E-state index in [2.05, 4.69) is 37.4 Å². The van der Waals surface area contributed by atoms with Crippen molar-refractivity contribution in [2.24, 2.45) is 0 Å². The first kappa shape index (κ1) is 14.0. The normalized spacial score (nSPS) is 10.9. The second-order valence-corrected chi connectivity index (χ2v) is 4.04. The van der Waals surface area contributed by atoms with Crippen LogP contribution < -0.4 is 5.32 Å². The quantitative estimate of drug-likeness (QED) is 0.739. The van der Waals surface area contributed by atoms with Crippen molar-refractivity contribution in [3.63, 3.8) is 0 Å². The Morgan fingerprint density at radius 2 is 1.76 bits per heavy atom. The van der Waals surface area contributed by atoms with Crippen molar-refractivity contribution in [3.8, 4) is 0 Å². The number of nitrogens with one attached hydrogen (secondary N) is 1. The lowest BCUT2D eigenvalue weighted by atomic mass is 10.1. The van der Waals surface area contributed by atoms with Gasteiger partial charge in [-0.05, 0) is 39.3 Å². The number of hydrogen-bond donors (Lipinski definition) is 1. The topological polar surface area (TPSA) is 30.5 Å². The summed E-state index contributed by atoms with van der Waals surface area (Å²) < 4.78 is 11.0. The van der Waals surface area contributed by atoms with Gasteiger partial charge in [-0.25, -0.2) is 0 Å². The lowest BCUT2D eigenvalue weighted by Gasteiger charge is -2.19. The third-order valence-corrected chi connectivity index (χ3v) is 2.55. The van der Waals surface area contributed by atoms with E-state index in [1.165, 1.54) is 11.1 Å². The van der Waals surface area contributed by atoms with Gasteiger partial charge in [-0.2, -0.15) is 0 Å². The van der Waals surface area contributed by atoms with Gasteiger partial charge in [0, 0.05) is 18.9 Å². The predicted octanol–water partition coefficient (Wildman–Crippen LogP) is 3.11. The van der Waals surface area contributed by atoms with Crippen LogP contribution in [0.3, 0.4) is 0 Å². The molecule has 0 unspecified atom stereocenters. The maximum atomic E-state index is 5.48. The highest BCUT2D eigenvalue weighted by Crippen LogP contribution is 2.16. The van der Waals surface area contributed by atoms with E-state index in [-0.39, 0.29) is 6.29 Å². The predicted molar refractivity (Wildman–Crippen MR) is 71.4 cm³/mol. The molecular formula is C14H23NO2. The molecule has 17 heavy (non-hydrogen) atoms. The van der Waals surface area contributed by atoms with E-state index in [1.54, 1.807) is 0 Å². The lowest BCUT2D eigenvalue weighted by molar-refractivity contribution is -0.126. The van der Waals surface area contributed by atoms with E-state index in [1.807, 2.05) is 13.8 Å². The van der Waals surface area contributed by atoms with Crippen LogP contribution in [0.15, 0.2) is 18.2 Å². The van der Waals surface area contributed by atoms with Crippen molar-refractivity contribution in [1.29, 1.82) is 0 Å². The zero-order valence-corrected chi connectivity index (χ0v) is 11.2. The van der Waals surface area contributed by atoms with Crippen molar-refractivity contribution in [1.82, 2.24) is 0 Å². The maximum Gasteiger partial charge on any atom is 0.174 e. The minimum Gasteiger partial charge on any atom is -0.380 e. The van der Waals surface area contributed by atoms with Gasteiger partial charge in [0.2, 0.25) is 0 Å². The van der Waals surface area contributed by atoms with Crippen LogP contribution in [-0.2, 0) is 9.47 Å². The molecule has 3 nitrogen and oxygen atoms in total. The Hall–Kier alpha value is -1.06. The van der Waals surface area contributed by atoms with Gasteiger partial charge in [-0.3, -0.25) is 0 Å². The lowest BCUT2D eigenvalue weighted by Crippen LogP contribution is -2.26. The summed E-state index contributed by atoms with van der Waals surface area (Å²) in [6.45, 7) is 10.2. The van der Waals surface area contributed by atoms with Crippen LogP contribution >= 0.6 is 0 Å². The summed E-state index contributed by atoms with van der Waals surface area (Å²) in [7, 11) is 0. The first-order chi connectivity index (χ1) is 8.17. The molecule has 1 N–H and O–H groups in total. The highest BCUT2D eigenvalue weighted by Gasteiger charge is 2.07. The summed E-state index contributed by atoms with van der Waals surface area (Å²) in [6.07, 6.45) is -0.175. The molecule has 0 saturated carbocycles. The molecule has 0 bridgehead atoms. The van der Waals surface area contributed by atoms with Gasteiger partial charge in [-0.1, -0.05) is 17.7 Å². The molecule has 1 rings (SSSR count). The standard InChI is InChI=1S/C14H23NO2/c1-5-16-14(17-6-2)10-15-13-8-7-11(3)9-12(13)4/h7-9,14-15H,5-6,10H2,1-4H3.